The van der Waals surface area contributed by atoms with E-state index in [4.69, 9.17) is 5.73 Å². The Kier molecular flexibility index (Phi) is 4.26. The molecule has 1 saturated carbocycles. The Morgan fingerprint density at radius 2 is 2.12 bits per heavy atom. The van der Waals surface area contributed by atoms with E-state index < -0.39 is 0 Å². The van der Waals surface area contributed by atoms with Crippen LogP contribution in [-0.4, -0.2) is 15.8 Å². The predicted octanol–water partition coefficient (Wildman–Crippen LogP) is 2.81. The first-order valence-corrected chi connectivity index (χ1v) is 7.38. The summed E-state index contributed by atoms with van der Waals surface area (Å²) in [5, 5.41) is 4.55. The molecule has 2 N–H and O–H groups in total. The van der Waals surface area contributed by atoms with E-state index in [0.29, 0.717) is 12.0 Å². The molecule has 2 unspecified atom stereocenters. The Bertz CT molecular complexity index is 386. The lowest BCUT2D eigenvalue weighted by molar-refractivity contribution is 0.301. The van der Waals surface area contributed by atoms with E-state index in [9.17, 15) is 0 Å². The monoisotopic (exact) mass is 299 g/mol. The zero-order chi connectivity index (χ0) is 12.4. The smallest absolute Gasteiger partial charge is 0.0766 e. The second kappa shape index (κ2) is 5.53. The second-order valence-corrected chi connectivity index (χ2v) is 5.89. The Labute approximate surface area is 112 Å². The van der Waals surface area contributed by atoms with Crippen molar-refractivity contribution >= 4 is 15.9 Å². The van der Waals surface area contributed by atoms with Crippen LogP contribution in [0.1, 0.15) is 44.0 Å². The van der Waals surface area contributed by atoms with Gasteiger partial charge in [-0.2, -0.15) is 5.10 Å². The fourth-order valence-corrected chi connectivity index (χ4v) is 3.56. The molecule has 0 saturated heterocycles. The van der Waals surface area contributed by atoms with Crippen molar-refractivity contribution in [1.29, 1.82) is 0 Å². The summed E-state index contributed by atoms with van der Waals surface area (Å²) in [5.74, 6) is 0.625. The average Bonchev–Trinajstić information content (AvgIpc) is 2.59. The van der Waals surface area contributed by atoms with Crippen molar-refractivity contribution in [3.05, 3.63) is 15.9 Å². The van der Waals surface area contributed by atoms with Crippen LogP contribution in [0, 0.1) is 5.92 Å². The number of nitrogens with two attached hydrogens (primary N) is 1. The Morgan fingerprint density at radius 1 is 1.41 bits per heavy atom. The highest BCUT2D eigenvalue weighted by Crippen LogP contribution is 2.30. The van der Waals surface area contributed by atoms with Crippen LogP contribution in [-0.2, 0) is 19.9 Å². The lowest BCUT2D eigenvalue weighted by atomic mass is 9.82. The maximum Gasteiger partial charge on any atom is 0.0766 e. The Hall–Kier alpha value is -0.350. The Balaban J connectivity index is 2.14. The predicted molar refractivity (Wildman–Crippen MR) is 73.9 cm³/mol. The summed E-state index contributed by atoms with van der Waals surface area (Å²) < 4.78 is 3.21. The molecular formula is C13H22BrN3. The zero-order valence-corrected chi connectivity index (χ0v) is 12.3. The molecule has 1 aromatic heterocycles. The van der Waals surface area contributed by atoms with Gasteiger partial charge in [-0.05, 0) is 47.5 Å². The molecule has 0 aliphatic heterocycles. The van der Waals surface area contributed by atoms with Gasteiger partial charge in [0, 0.05) is 13.1 Å². The second-order valence-electron chi connectivity index (χ2n) is 5.10. The van der Waals surface area contributed by atoms with Gasteiger partial charge in [0.1, 0.15) is 0 Å². The molecule has 0 radical (unpaired) electrons. The molecule has 2 rings (SSSR count). The molecule has 1 heterocycles. The topological polar surface area (TPSA) is 43.8 Å². The minimum atomic E-state index is 0.371. The van der Waals surface area contributed by atoms with Crippen LogP contribution in [0.25, 0.3) is 0 Å². The molecule has 1 aliphatic rings. The van der Waals surface area contributed by atoms with E-state index in [-0.39, 0.29) is 0 Å². The number of rotatable bonds is 3. The molecule has 4 heteroatoms. The van der Waals surface area contributed by atoms with E-state index in [1.165, 1.54) is 35.8 Å². The third kappa shape index (κ3) is 2.74. The molecule has 17 heavy (non-hydrogen) atoms. The minimum Gasteiger partial charge on any atom is -0.327 e. The third-order valence-corrected chi connectivity index (χ3v) is 4.84. The standard InChI is InChI=1S/C13H22BrN3/c1-3-11-13(14)12(17(2)16-11)8-9-6-4-5-7-10(9)15/h9-10H,3-8,15H2,1-2H3. The van der Waals surface area contributed by atoms with Crippen LogP contribution < -0.4 is 5.73 Å². The van der Waals surface area contributed by atoms with Crippen LogP contribution in [0.4, 0.5) is 0 Å². The van der Waals surface area contributed by atoms with Gasteiger partial charge in [0.2, 0.25) is 0 Å². The molecule has 2 atom stereocenters. The van der Waals surface area contributed by atoms with Crippen LogP contribution >= 0.6 is 15.9 Å². The SMILES string of the molecule is CCc1nn(C)c(CC2CCCCC2N)c1Br. The summed E-state index contributed by atoms with van der Waals surface area (Å²) in [6, 6.07) is 0.371. The first-order valence-electron chi connectivity index (χ1n) is 6.59. The summed E-state index contributed by atoms with van der Waals surface area (Å²) in [6.07, 6.45) is 7.11. The van der Waals surface area contributed by atoms with Crippen LogP contribution in [0.15, 0.2) is 4.47 Å². The number of hydrogen-bond donors (Lipinski definition) is 1. The first kappa shape index (κ1) is 13.1. The van der Waals surface area contributed by atoms with Gasteiger partial charge < -0.3 is 5.73 Å². The molecule has 0 spiro atoms. The van der Waals surface area contributed by atoms with Crippen molar-refractivity contribution in [2.75, 3.05) is 0 Å². The summed E-state index contributed by atoms with van der Waals surface area (Å²) in [4.78, 5) is 0. The molecule has 0 amide bonds. The maximum atomic E-state index is 6.22. The van der Waals surface area contributed by atoms with Crippen LogP contribution in [0.3, 0.4) is 0 Å². The van der Waals surface area contributed by atoms with Gasteiger partial charge in [0.25, 0.3) is 0 Å². The highest BCUT2D eigenvalue weighted by atomic mass is 79.9. The lowest BCUT2D eigenvalue weighted by Gasteiger charge is -2.28. The van der Waals surface area contributed by atoms with Gasteiger partial charge >= 0.3 is 0 Å². The normalized spacial score (nSPS) is 25.2. The van der Waals surface area contributed by atoms with Gasteiger partial charge in [0.05, 0.1) is 15.9 Å². The van der Waals surface area contributed by atoms with Crippen LogP contribution in [0.5, 0.6) is 0 Å². The zero-order valence-electron chi connectivity index (χ0n) is 10.7. The molecule has 0 bridgehead atoms. The van der Waals surface area contributed by atoms with Crippen molar-refractivity contribution < 1.29 is 0 Å². The van der Waals surface area contributed by atoms with Gasteiger partial charge in [-0.25, -0.2) is 0 Å². The minimum absolute atomic E-state index is 0.371. The van der Waals surface area contributed by atoms with E-state index >= 15 is 0 Å². The molecule has 0 aromatic carbocycles. The van der Waals surface area contributed by atoms with E-state index in [0.717, 1.165) is 18.5 Å². The summed E-state index contributed by atoms with van der Waals surface area (Å²) in [5.41, 5.74) is 8.69. The van der Waals surface area contributed by atoms with Crippen molar-refractivity contribution in [2.24, 2.45) is 18.7 Å². The number of hydrogen-bond acceptors (Lipinski definition) is 2. The van der Waals surface area contributed by atoms with E-state index in [1.807, 2.05) is 11.7 Å². The highest BCUT2D eigenvalue weighted by molar-refractivity contribution is 9.10. The number of nitrogens with zero attached hydrogens (tertiary/aromatic N) is 2. The fraction of sp³-hybridized carbons (Fsp3) is 0.769. The molecule has 1 aromatic rings. The maximum absolute atomic E-state index is 6.22. The molecule has 1 aliphatic carbocycles. The Morgan fingerprint density at radius 3 is 2.71 bits per heavy atom. The van der Waals surface area contributed by atoms with Crippen molar-refractivity contribution in [2.45, 2.75) is 51.5 Å². The quantitative estimate of drug-likeness (QED) is 0.933. The largest absolute Gasteiger partial charge is 0.327 e. The molecule has 3 nitrogen and oxygen atoms in total. The summed E-state index contributed by atoms with van der Waals surface area (Å²) >= 11 is 3.68. The van der Waals surface area contributed by atoms with Crippen molar-refractivity contribution in [3.8, 4) is 0 Å². The molecular weight excluding hydrogens is 278 g/mol. The number of halogens is 1. The fourth-order valence-electron chi connectivity index (χ4n) is 2.78. The lowest BCUT2D eigenvalue weighted by Crippen LogP contribution is -2.34. The van der Waals surface area contributed by atoms with Gasteiger partial charge in [-0.1, -0.05) is 19.8 Å². The van der Waals surface area contributed by atoms with Gasteiger partial charge in [-0.15, -0.1) is 0 Å². The average molecular weight is 300 g/mol. The van der Waals surface area contributed by atoms with Gasteiger partial charge in [-0.3, -0.25) is 4.68 Å². The summed E-state index contributed by atoms with van der Waals surface area (Å²) in [7, 11) is 2.04. The number of aryl methyl sites for hydroxylation is 2. The summed E-state index contributed by atoms with van der Waals surface area (Å²) in [6.45, 7) is 2.14. The molecule has 96 valence electrons. The van der Waals surface area contributed by atoms with Crippen molar-refractivity contribution in [1.82, 2.24) is 9.78 Å². The van der Waals surface area contributed by atoms with Crippen LogP contribution in [0.2, 0.25) is 0 Å². The van der Waals surface area contributed by atoms with E-state index in [1.54, 1.807) is 0 Å². The third-order valence-electron chi connectivity index (χ3n) is 3.93. The van der Waals surface area contributed by atoms with Gasteiger partial charge in [0.15, 0.2) is 0 Å². The highest BCUT2D eigenvalue weighted by Gasteiger charge is 2.24. The van der Waals surface area contributed by atoms with E-state index in [2.05, 4.69) is 28.0 Å². The number of aromatic nitrogens is 2. The first-order chi connectivity index (χ1) is 8.13. The van der Waals surface area contributed by atoms with Crippen molar-refractivity contribution in [3.63, 3.8) is 0 Å². The molecule has 1 fully saturated rings.